The SMILES string of the molecule is CSC1(CC=S)C=CSN1. The summed E-state index contributed by atoms with van der Waals surface area (Å²) in [5.41, 5.74) is 0. The lowest BCUT2D eigenvalue weighted by molar-refractivity contribution is 0.755. The average Bonchev–Trinajstić information content (AvgIpc) is 2.39. The van der Waals surface area contributed by atoms with Gasteiger partial charge in [0, 0.05) is 6.42 Å². The number of nitrogens with one attached hydrogen (secondary N) is 1. The second-order valence-electron chi connectivity index (χ2n) is 1.99. The standard InChI is InChI=1S/C6H9NS3/c1-9-6(2-4-8)3-5-10-7-6/h3-5,7H,2H2,1H3. The molecule has 0 saturated carbocycles. The van der Waals surface area contributed by atoms with Crippen molar-refractivity contribution in [3.8, 4) is 0 Å². The molecule has 1 nitrogen and oxygen atoms in total. The molecule has 1 rings (SSSR count). The van der Waals surface area contributed by atoms with E-state index >= 15 is 0 Å². The van der Waals surface area contributed by atoms with Gasteiger partial charge in [-0.1, -0.05) is 24.2 Å². The zero-order valence-electron chi connectivity index (χ0n) is 5.66. The topological polar surface area (TPSA) is 12.0 Å². The summed E-state index contributed by atoms with van der Waals surface area (Å²) in [6.45, 7) is 0. The van der Waals surface area contributed by atoms with Crippen molar-refractivity contribution in [2.24, 2.45) is 0 Å². The van der Waals surface area contributed by atoms with Gasteiger partial charge in [0.1, 0.15) is 0 Å². The lowest BCUT2D eigenvalue weighted by atomic mass is 10.2. The minimum Gasteiger partial charge on any atom is -0.241 e. The average molecular weight is 191 g/mol. The van der Waals surface area contributed by atoms with Crippen LogP contribution in [0.25, 0.3) is 0 Å². The molecule has 1 N–H and O–H groups in total. The van der Waals surface area contributed by atoms with Gasteiger partial charge in [0.25, 0.3) is 0 Å². The van der Waals surface area contributed by atoms with Crippen LogP contribution >= 0.6 is 35.9 Å². The van der Waals surface area contributed by atoms with Crippen molar-refractivity contribution in [2.75, 3.05) is 6.26 Å². The van der Waals surface area contributed by atoms with E-state index in [1.54, 1.807) is 29.1 Å². The third-order valence-electron chi connectivity index (χ3n) is 1.39. The Morgan fingerprint density at radius 3 is 3.10 bits per heavy atom. The molecule has 1 atom stereocenters. The normalized spacial score (nSPS) is 30.9. The molecule has 1 heterocycles. The molecule has 0 aliphatic carbocycles. The van der Waals surface area contributed by atoms with Gasteiger partial charge in [0.15, 0.2) is 0 Å². The summed E-state index contributed by atoms with van der Waals surface area (Å²) in [6.07, 6.45) is 5.15. The zero-order chi connectivity index (χ0) is 7.45. The second kappa shape index (κ2) is 3.76. The van der Waals surface area contributed by atoms with E-state index < -0.39 is 0 Å². The molecule has 1 unspecified atom stereocenters. The Bertz CT molecular complexity index is 157. The Morgan fingerprint density at radius 1 is 1.90 bits per heavy atom. The molecule has 0 radical (unpaired) electrons. The van der Waals surface area contributed by atoms with Gasteiger partial charge in [-0.2, -0.15) is 0 Å². The zero-order valence-corrected chi connectivity index (χ0v) is 8.11. The Labute approximate surface area is 75.2 Å². The molecular formula is C6H9NS3. The Balaban J connectivity index is 2.58. The molecule has 0 bridgehead atoms. The maximum absolute atomic E-state index is 4.81. The van der Waals surface area contributed by atoms with Crippen molar-refractivity contribution in [3.63, 3.8) is 0 Å². The second-order valence-corrected chi connectivity index (χ2v) is 4.17. The monoisotopic (exact) mass is 191 g/mol. The molecule has 0 amide bonds. The molecule has 4 heteroatoms. The van der Waals surface area contributed by atoms with E-state index in [9.17, 15) is 0 Å². The smallest absolute Gasteiger partial charge is 0.0972 e. The van der Waals surface area contributed by atoms with E-state index in [1.807, 2.05) is 0 Å². The van der Waals surface area contributed by atoms with Gasteiger partial charge in [0.05, 0.1) is 4.87 Å². The van der Waals surface area contributed by atoms with Crippen molar-refractivity contribution in [1.29, 1.82) is 0 Å². The molecule has 1 aliphatic heterocycles. The maximum atomic E-state index is 4.81. The lowest BCUT2D eigenvalue weighted by Crippen LogP contribution is -2.32. The quantitative estimate of drug-likeness (QED) is 0.542. The van der Waals surface area contributed by atoms with Crippen LogP contribution in [0.3, 0.4) is 0 Å². The highest BCUT2D eigenvalue weighted by molar-refractivity contribution is 8.04. The molecule has 0 saturated heterocycles. The van der Waals surface area contributed by atoms with Crippen LogP contribution in [0.5, 0.6) is 0 Å². The summed E-state index contributed by atoms with van der Waals surface area (Å²) in [6, 6.07) is 0. The lowest BCUT2D eigenvalue weighted by Gasteiger charge is -2.22. The van der Waals surface area contributed by atoms with Crippen LogP contribution < -0.4 is 4.72 Å². The maximum Gasteiger partial charge on any atom is 0.0972 e. The highest BCUT2D eigenvalue weighted by atomic mass is 32.2. The summed E-state index contributed by atoms with van der Waals surface area (Å²) in [5.74, 6) is 0. The van der Waals surface area contributed by atoms with Gasteiger partial charge < -0.3 is 0 Å². The molecule has 0 aromatic heterocycles. The molecule has 0 aromatic rings. The molecule has 10 heavy (non-hydrogen) atoms. The fourth-order valence-electron chi connectivity index (χ4n) is 0.738. The molecule has 0 fully saturated rings. The predicted molar refractivity (Wildman–Crippen MR) is 54.4 cm³/mol. The molecular weight excluding hydrogens is 182 g/mol. The Hall–Kier alpha value is 0.490. The fraction of sp³-hybridized carbons (Fsp3) is 0.500. The first-order chi connectivity index (χ1) is 4.83. The first-order valence-corrected chi connectivity index (χ1v) is 5.50. The fourth-order valence-corrected chi connectivity index (χ4v) is 2.84. The Kier molecular flexibility index (Phi) is 3.23. The number of thiocarbonyl (C=S) groups is 1. The number of hydrogen-bond acceptors (Lipinski definition) is 4. The van der Waals surface area contributed by atoms with Gasteiger partial charge in [-0.25, -0.2) is 4.72 Å². The summed E-state index contributed by atoms with van der Waals surface area (Å²) in [4.78, 5) is 0.0758. The van der Waals surface area contributed by atoms with Crippen LogP contribution in [0.2, 0.25) is 0 Å². The first kappa shape index (κ1) is 8.59. The van der Waals surface area contributed by atoms with E-state index in [0.29, 0.717) is 0 Å². The van der Waals surface area contributed by atoms with Crippen molar-refractivity contribution < 1.29 is 0 Å². The highest BCUT2D eigenvalue weighted by Gasteiger charge is 2.27. The van der Waals surface area contributed by atoms with Crippen LogP contribution in [-0.4, -0.2) is 16.5 Å². The summed E-state index contributed by atoms with van der Waals surface area (Å²) >= 11 is 8.22. The summed E-state index contributed by atoms with van der Waals surface area (Å²) < 4.78 is 3.29. The Morgan fingerprint density at radius 2 is 2.70 bits per heavy atom. The van der Waals surface area contributed by atoms with Crippen molar-refractivity contribution in [2.45, 2.75) is 11.3 Å². The van der Waals surface area contributed by atoms with E-state index in [-0.39, 0.29) is 4.87 Å². The minimum absolute atomic E-state index is 0.0758. The molecule has 0 spiro atoms. The number of thioether (sulfide) groups is 1. The van der Waals surface area contributed by atoms with Crippen LogP contribution in [0.1, 0.15) is 6.42 Å². The van der Waals surface area contributed by atoms with Crippen LogP contribution in [0.15, 0.2) is 11.5 Å². The van der Waals surface area contributed by atoms with Gasteiger partial charge in [-0.15, -0.1) is 11.8 Å². The first-order valence-electron chi connectivity index (χ1n) is 2.92. The third kappa shape index (κ3) is 1.75. The van der Waals surface area contributed by atoms with Crippen molar-refractivity contribution >= 4 is 41.3 Å². The van der Waals surface area contributed by atoms with Gasteiger partial charge in [-0.05, 0) is 23.1 Å². The number of rotatable bonds is 3. The molecule has 56 valence electrons. The van der Waals surface area contributed by atoms with Crippen molar-refractivity contribution in [1.82, 2.24) is 4.72 Å². The van der Waals surface area contributed by atoms with E-state index in [2.05, 4.69) is 22.5 Å². The van der Waals surface area contributed by atoms with Crippen LogP contribution in [-0.2, 0) is 0 Å². The molecule has 1 aliphatic rings. The predicted octanol–water partition coefficient (Wildman–Crippen LogP) is 2.20. The van der Waals surface area contributed by atoms with E-state index in [4.69, 9.17) is 12.2 Å². The summed E-state index contributed by atoms with van der Waals surface area (Å²) in [5, 5.41) is 3.84. The van der Waals surface area contributed by atoms with Crippen LogP contribution in [0.4, 0.5) is 0 Å². The largest absolute Gasteiger partial charge is 0.241 e. The summed E-state index contributed by atoms with van der Waals surface area (Å²) in [7, 11) is 0. The van der Waals surface area contributed by atoms with Gasteiger partial charge >= 0.3 is 0 Å². The molecule has 0 aromatic carbocycles. The highest BCUT2D eigenvalue weighted by Crippen LogP contribution is 2.32. The van der Waals surface area contributed by atoms with E-state index in [1.165, 1.54) is 0 Å². The third-order valence-corrected chi connectivity index (χ3v) is 3.57. The number of hydrogen-bond donors (Lipinski definition) is 1. The van der Waals surface area contributed by atoms with Crippen molar-refractivity contribution in [3.05, 3.63) is 11.5 Å². The minimum atomic E-state index is 0.0758. The van der Waals surface area contributed by atoms with Gasteiger partial charge in [-0.3, -0.25) is 0 Å². The van der Waals surface area contributed by atoms with E-state index in [0.717, 1.165) is 6.42 Å². The van der Waals surface area contributed by atoms with Gasteiger partial charge in [0.2, 0.25) is 0 Å². The van der Waals surface area contributed by atoms with Crippen LogP contribution in [0, 0.1) is 0 Å².